The SMILES string of the molecule is COc1ccc(CCC(=O)N[C@@H](C)c2ccc3c(c2)CCC3)cc1. The second kappa shape index (κ2) is 7.52. The fraction of sp³-hybridized carbons (Fsp3) is 0.381. The summed E-state index contributed by atoms with van der Waals surface area (Å²) in [5.74, 6) is 0.937. The minimum atomic E-state index is 0.0549. The Bertz CT molecular complexity index is 706. The molecular formula is C21H25NO2. The third-order valence-corrected chi connectivity index (χ3v) is 4.80. The van der Waals surface area contributed by atoms with Crippen LogP contribution in [0.4, 0.5) is 0 Å². The summed E-state index contributed by atoms with van der Waals surface area (Å²) >= 11 is 0. The molecule has 3 heteroatoms. The van der Waals surface area contributed by atoms with Crippen molar-refractivity contribution in [3.8, 4) is 5.75 Å². The van der Waals surface area contributed by atoms with Crippen molar-refractivity contribution in [1.82, 2.24) is 5.32 Å². The largest absolute Gasteiger partial charge is 0.497 e. The number of amides is 1. The van der Waals surface area contributed by atoms with Gasteiger partial charge in [-0.2, -0.15) is 0 Å². The van der Waals surface area contributed by atoms with Crippen molar-refractivity contribution in [3.63, 3.8) is 0 Å². The van der Waals surface area contributed by atoms with Gasteiger partial charge in [-0.25, -0.2) is 0 Å². The molecule has 24 heavy (non-hydrogen) atoms. The fourth-order valence-electron chi connectivity index (χ4n) is 3.31. The smallest absolute Gasteiger partial charge is 0.220 e. The van der Waals surface area contributed by atoms with E-state index in [1.54, 1.807) is 7.11 Å². The molecule has 3 rings (SSSR count). The summed E-state index contributed by atoms with van der Waals surface area (Å²) in [5.41, 5.74) is 5.27. The molecule has 0 radical (unpaired) electrons. The van der Waals surface area contributed by atoms with Gasteiger partial charge in [-0.05, 0) is 67.0 Å². The van der Waals surface area contributed by atoms with E-state index in [9.17, 15) is 4.79 Å². The zero-order chi connectivity index (χ0) is 16.9. The van der Waals surface area contributed by atoms with Gasteiger partial charge in [-0.15, -0.1) is 0 Å². The molecule has 2 aromatic rings. The minimum absolute atomic E-state index is 0.0549. The van der Waals surface area contributed by atoms with Crippen LogP contribution in [0.3, 0.4) is 0 Å². The molecule has 2 aromatic carbocycles. The summed E-state index contributed by atoms with van der Waals surface area (Å²) in [6, 6.07) is 14.6. The van der Waals surface area contributed by atoms with E-state index in [0.29, 0.717) is 6.42 Å². The van der Waals surface area contributed by atoms with Gasteiger partial charge in [0.05, 0.1) is 13.2 Å². The highest BCUT2D eigenvalue weighted by Gasteiger charge is 2.14. The molecular weight excluding hydrogens is 298 g/mol. The fourth-order valence-corrected chi connectivity index (χ4v) is 3.31. The second-order valence-electron chi connectivity index (χ2n) is 6.52. The van der Waals surface area contributed by atoms with E-state index < -0.39 is 0 Å². The number of nitrogens with one attached hydrogen (secondary N) is 1. The molecule has 1 atom stereocenters. The Kier molecular flexibility index (Phi) is 5.19. The molecule has 0 spiro atoms. The summed E-state index contributed by atoms with van der Waals surface area (Å²) in [7, 11) is 1.66. The molecule has 1 amide bonds. The average molecular weight is 323 g/mol. The number of ether oxygens (including phenoxy) is 1. The monoisotopic (exact) mass is 323 g/mol. The van der Waals surface area contributed by atoms with Gasteiger partial charge in [0.2, 0.25) is 5.91 Å². The van der Waals surface area contributed by atoms with E-state index in [1.807, 2.05) is 24.3 Å². The van der Waals surface area contributed by atoms with E-state index in [2.05, 4.69) is 30.4 Å². The van der Waals surface area contributed by atoms with E-state index in [0.717, 1.165) is 17.7 Å². The second-order valence-corrected chi connectivity index (χ2v) is 6.52. The van der Waals surface area contributed by atoms with Crippen LogP contribution >= 0.6 is 0 Å². The summed E-state index contributed by atoms with van der Waals surface area (Å²) in [5, 5.41) is 3.12. The zero-order valence-corrected chi connectivity index (χ0v) is 14.5. The standard InChI is InChI=1S/C21H25NO2/c1-15(18-10-9-17-4-3-5-19(17)14-18)22-21(23)13-8-16-6-11-20(24-2)12-7-16/h6-7,9-12,14-15H,3-5,8,13H2,1-2H3,(H,22,23)/t15-/m0/s1. The molecule has 0 bridgehead atoms. The van der Waals surface area contributed by atoms with Crippen molar-refractivity contribution in [2.24, 2.45) is 0 Å². The van der Waals surface area contributed by atoms with Crippen molar-refractivity contribution in [2.75, 3.05) is 7.11 Å². The lowest BCUT2D eigenvalue weighted by Gasteiger charge is -2.16. The number of rotatable bonds is 6. The van der Waals surface area contributed by atoms with Crippen LogP contribution in [-0.4, -0.2) is 13.0 Å². The van der Waals surface area contributed by atoms with E-state index in [-0.39, 0.29) is 11.9 Å². The Labute approximate surface area is 144 Å². The Hall–Kier alpha value is -2.29. The Morgan fingerprint density at radius 1 is 1.12 bits per heavy atom. The molecule has 0 unspecified atom stereocenters. The van der Waals surface area contributed by atoms with Gasteiger partial charge < -0.3 is 10.1 Å². The molecule has 0 aliphatic heterocycles. The summed E-state index contributed by atoms with van der Waals surface area (Å²) < 4.78 is 5.15. The van der Waals surface area contributed by atoms with Crippen LogP contribution in [0.5, 0.6) is 5.75 Å². The zero-order valence-electron chi connectivity index (χ0n) is 14.5. The number of methoxy groups -OCH3 is 1. The maximum absolute atomic E-state index is 12.2. The lowest BCUT2D eigenvalue weighted by molar-refractivity contribution is -0.121. The number of hydrogen-bond donors (Lipinski definition) is 1. The first-order chi connectivity index (χ1) is 11.7. The van der Waals surface area contributed by atoms with Crippen molar-refractivity contribution in [1.29, 1.82) is 0 Å². The average Bonchev–Trinajstić information content (AvgIpc) is 3.08. The number of benzene rings is 2. The molecule has 0 heterocycles. The van der Waals surface area contributed by atoms with Gasteiger partial charge in [-0.1, -0.05) is 30.3 Å². The Morgan fingerprint density at radius 2 is 1.88 bits per heavy atom. The third-order valence-electron chi connectivity index (χ3n) is 4.80. The highest BCUT2D eigenvalue weighted by atomic mass is 16.5. The molecule has 0 saturated heterocycles. The Morgan fingerprint density at radius 3 is 2.62 bits per heavy atom. The van der Waals surface area contributed by atoms with Crippen LogP contribution in [0.1, 0.15) is 48.1 Å². The van der Waals surface area contributed by atoms with Crippen LogP contribution in [0, 0.1) is 0 Å². The van der Waals surface area contributed by atoms with Gasteiger partial charge in [0.1, 0.15) is 5.75 Å². The summed E-state index contributed by atoms with van der Waals surface area (Å²) in [6.07, 6.45) is 4.86. The normalized spacial score (nSPS) is 14.1. The quantitative estimate of drug-likeness (QED) is 0.873. The predicted octanol–water partition coefficient (Wildman–Crippen LogP) is 3.99. The van der Waals surface area contributed by atoms with E-state index in [4.69, 9.17) is 4.74 Å². The molecule has 1 aliphatic rings. The number of carbonyl (C=O) groups excluding carboxylic acids is 1. The van der Waals surface area contributed by atoms with Gasteiger partial charge in [-0.3, -0.25) is 4.79 Å². The van der Waals surface area contributed by atoms with Crippen molar-refractivity contribution >= 4 is 5.91 Å². The van der Waals surface area contributed by atoms with Gasteiger partial charge in [0.25, 0.3) is 0 Å². The molecule has 126 valence electrons. The maximum atomic E-state index is 12.2. The van der Waals surface area contributed by atoms with Gasteiger partial charge in [0.15, 0.2) is 0 Å². The van der Waals surface area contributed by atoms with Crippen LogP contribution < -0.4 is 10.1 Å². The van der Waals surface area contributed by atoms with E-state index >= 15 is 0 Å². The maximum Gasteiger partial charge on any atom is 0.220 e. The predicted molar refractivity (Wildman–Crippen MR) is 96.3 cm³/mol. The van der Waals surface area contributed by atoms with Crippen molar-refractivity contribution < 1.29 is 9.53 Å². The molecule has 0 aromatic heterocycles. The number of fused-ring (bicyclic) bond motifs is 1. The highest BCUT2D eigenvalue weighted by Crippen LogP contribution is 2.25. The van der Waals surface area contributed by atoms with Crippen LogP contribution in [0.25, 0.3) is 0 Å². The van der Waals surface area contributed by atoms with Crippen LogP contribution in [-0.2, 0) is 24.1 Å². The number of aryl methyl sites for hydroxylation is 3. The summed E-state index contributed by atoms with van der Waals surface area (Å²) in [6.45, 7) is 2.06. The summed E-state index contributed by atoms with van der Waals surface area (Å²) in [4.78, 5) is 12.2. The first-order valence-electron chi connectivity index (χ1n) is 8.69. The van der Waals surface area contributed by atoms with Gasteiger partial charge >= 0.3 is 0 Å². The minimum Gasteiger partial charge on any atom is -0.497 e. The van der Waals surface area contributed by atoms with E-state index in [1.165, 1.54) is 36.0 Å². The third kappa shape index (κ3) is 3.97. The molecule has 1 aliphatic carbocycles. The molecule has 3 nitrogen and oxygen atoms in total. The molecule has 0 fully saturated rings. The first kappa shape index (κ1) is 16.6. The van der Waals surface area contributed by atoms with Crippen molar-refractivity contribution in [2.45, 2.75) is 45.1 Å². The lowest BCUT2D eigenvalue weighted by Crippen LogP contribution is -2.26. The molecule has 1 N–H and O–H groups in total. The van der Waals surface area contributed by atoms with Crippen LogP contribution in [0.2, 0.25) is 0 Å². The number of carbonyl (C=O) groups is 1. The first-order valence-corrected chi connectivity index (χ1v) is 8.69. The number of hydrogen-bond acceptors (Lipinski definition) is 2. The van der Waals surface area contributed by atoms with Crippen molar-refractivity contribution in [3.05, 3.63) is 64.7 Å². The Balaban J connectivity index is 1.52. The topological polar surface area (TPSA) is 38.3 Å². The lowest BCUT2D eigenvalue weighted by atomic mass is 10.0. The van der Waals surface area contributed by atoms with Gasteiger partial charge in [0, 0.05) is 6.42 Å². The highest BCUT2D eigenvalue weighted by molar-refractivity contribution is 5.76. The molecule has 0 saturated carbocycles. The van der Waals surface area contributed by atoms with Crippen LogP contribution in [0.15, 0.2) is 42.5 Å².